The minimum atomic E-state index is -1.34. The van der Waals surface area contributed by atoms with E-state index in [1.807, 2.05) is 19.1 Å². The van der Waals surface area contributed by atoms with Crippen LogP contribution in [-0.2, 0) is 0 Å². The summed E-state index contributed by atoms with van der Waals surface area (Å²) >= 11 is 0. The van der Waals surface area contributed by atoms with E-state index >= 15 is 0 Å². The van der Waals surface area contributed by atoms with E-state index in [1.165, 1.54) is 18.1 Å². The second-order valence-electron chi connectivity index (χ2n) is 4.15. The molecule has 0 saturated heterocycles. The van der Waals surface area contributed by atoms with Gasteiger partial charge in [0.1, 0.15) is 13.8 Å². The third-order valence-corrected chi connectivity index (χ3v) is 8.00. The second-order valence-corrected chi connectivity index (χ2v) is 9.08. The number of nitrogens with zero attached hydrogens (tertiary/aromatic N) is 2. The zero-order valence-corrected chi connectivity index (χ0v) is 11.7. The SMILES string of the molecule is CC[Si](C#Cc1ccc(C)nn1)(CC)CC. The number of aromatic nitrogens is 2. The lowest BCUT2D eigenvalue weighted by Gasteiger charge is -2.19. The highest BCUT2D eigenvalue weighted by Gasteiger charge is 2.24. The predicted octanol–water partition coefficient (Wildman–Crippen LogP) is 3.18. The average Bonchev–Trinajstić information content (AvgIpc) is 2.34. The van der Waals surface area contributed by atoms with Crippen molar-refractivity contribution in [3.05, 3.63) is 23.5 Å². The first-order valence-electron chi connectivity index (χ1n) is 5.99. The molecular weight excluding hydrogens is 212 g/mol. The molecule has 0 spiro atoms. The summed E-state index contributed by atoms with van der Waals surface area (Å²) in [7, 11) is -1.34. The van der Waals surface area contributed by atoms with Crippen LogP contribution in [0.3, 0.4) is 0 Å². The van der Waals surface area contributed by atoms with Crippen LogP contribution in [0.15, 0.2) is 12.1 Å². The van der Waals surface area contributed by atoms with E-state index in [4.69, 9.17) is 0 Å². The fraction of sp³-hybridized carbons (Fsp3) is 0.538. The fourth-order valence-corrected chi connectivity index (χ4v) is 4.10. The lowest BCUT2D eigenvalue weighted by atomic mass is 10.3. The number of hydrogen-bond acceptors (Lipinski definition) is 2. The molecular formula is C13H20N2Si. The van der Waals surface area contributed by atoms with E-state index in [0.29, 0.717) is 0 Å². The van der Waals surface area contributed by atoms with Crippen molar-refractivity contribution in [2.24, 2.45) is 0 Å². The lowest BCUT2D eigenvalue weighted by molar-refractivity contribution is 0.967. The maximum atomic E-state index is 4.08. The highest BCUT2D eigenvalue weighted by molar-refractivity contribution is 6.87. The molecule has 0 saturated carbocycles. The molecule has 0 unspecified atom stereocenters. The van der Waals surface area contributed by atoms with Gasteiger partial charge in [0, 0.05) is 0 Å². The molecule has 0 aliphatic heterocycles. The standard InChI is InChI=1S/C13H20N2Si/c1-5-16(6-2,7-3)11-10-13-9-8-12(4)14-15-13/h8-9H,5-7H2,1-4H3. The molecule has 0 amide bonds. The molecule has 1 aromatic rings. The lowest BCUT2D eigenvalue weighted by Crippen LogP contribution is -2.29. The number of hydrogen-bond donors (Lipinski definition) is 0. The molecule has 86 valence electrons. The summed E-state index contributed by atoms with van der Waals surface area (Å²) < 4.78 is 0. The van der Waals surface area contributed by atoms with Gasteiger partial charge in [0.15, 0.2) is 0 Å². The van der Waals surface area contributed by atoms with Crippen LogP contribution >= 0.6 is 0 Å². The third kappa shape index (κ3) is 3.18. The summed E-state index contributed by atoms with van der Waals surface area (Å²) in [4.78, 5) is 0. The first-order valence-corrected chi connectivity index (χ1v) is 8.61. The molecule has 0 aliphatic rings. The smallest absolute Gasteiger partial charge is 0.138 e. The molecule has 2 nitrogen and oxygen atoms in total. The molecule has 0 fully saturated rings. The maximum Gasteiger partial charge on any atom is 0.138 e. The van der Waals surface area contributed by atoms with Gasteiger partial charge < -0.3 is 0 Å². The molecule has 0 radical (unpaired) electrons. The highest BCUT2D eigenvalue weighted by atomic mass is 28.3. The average molecular weight is 232 g/mol. The van der Waals surface area contributed by atoms with Crippen LogP contribution in [0.25, 0.3) is 0 Å². The summed E-state index contributed by atoms with van der Waals surface area (Å²) in [6, 6.07) is 7.60. The van der Waals surface area contributed by atoms with Gasteiger partial charge in [0.05, 0.1) is 5.69 Å². The van der Waals surface area contributed by atoms with E-state index in [-0.39, 0.29) is 0 Å². The quantitative estimate of drug-likeness (QED) is 0.591. The number of aryl methyl sites for hydroxylation is 1. The molecule has 0 aliphatic carbocycles. The molecule has 1 heterocycles. The van der Waals surface area contributed by atoms with Gasteiger partial charge in [0.25, 0.3) is 0 Å². The Morgan fingerprint density at radius 2 is 1.69 bits per heavy atom. The Labute approximate surface area is 99.5 Å². The Morgan fingerprint density at radius 1 is 1.06 bits per heavy atom. The molecule has 1 aromatic heterocycles. The molecule has 16 heavy (non-hydrogen) atoms. The molecule has 3 heteroatoms. The summed E-state index contributed by atoms with van der Waals surface area (Å²) in [5, 5.41) is 8.10. The van der Waals surface area contributed by atoms with Crippen molar-refractivity contribution in [3.8, 4) is 11.5 Å². The van der Waals surface area contributed by atoms with Gasteiger partial charge in [-0.1, -0.05) is 26.7 Å². The van der Waals surface area contributed by atoms with E-state index in [2.05, 4.69) is 42.4 Å². The normalized spacial score (nSPS) is 10.8. The predicted molar refractivity (Wildman–Crippen MR) is 70.8 cm³/mol. The largest absolute Gasteiger partial charge is 0.155 e. The molecule has 0 bridgehead atoms. The Bertz CT molecular complexity index is 374. The third-order valence-electron chi connectivity index (χ3n) is 3.28. The van der Waals surface area contributed by atoms with Crippen molar-refractivity contribution < 1.29 is 0 Å². The van der Waals surface area contributed by atoms with Crippen LogP contribution in [0.1, 0.15) is 32.2 Å². The topological polar surface area (TPSA) is 25.8 Å². The van der Waals surface area contributed by atoms with Gasteiger partial charge in [0.2, 0.25) is 0 Å². The highest BCUT2D eigenvalue weighted by Crippen LogP contribution is 2.18. The van der Waals surface area contributed by atoms with E-state index in [1.54, 1.807) is 0 Å². The molecule has 1 rings (SSSR count). The maximum absolute atomic E-state index is 4.08. The molecule has 0 aromatic carbocycles. The Hall–Kier alpha value is -1.14. The second kappa shape index (κ2) is 5.81. The monoisotopic (exact) mass is 232 g/mol. The van der Waals surface area contributed by atoms with Gasteiger partial charge in [-0.05, 0) is 37.2 Å². The van der Waals surface area contributed by atoms with E-state index in [9.17, 15) is 0 Å². The summed E-state index contributed by atoms with van der Waals surface area (Å²) in [5.41, 5.74) is 5.25. The van der Waals surface area contributed by atoms with Crippen molar-refractivity contribution in [3.63, 3.8) is 0 Å². The van der Waals surface area contributed by atoms with Crippen molar-refractivity contribution >= 4 is 8.07 Å². The van der Waals surface area contributed by atoms with Crippen LogP contribution in [0.5, 0.6) is 0 Å². The molecule has 0 atom stereocenters. The first kappa shape index (κ1) is 12.9. The van der Waals surface area contributed by atoms with E-state index in [0.717, 1.165) is 11.4 Å². The van der Waals surface area contributed by atoms with Gasteiger partial charge in [-0.15, -0.1) is 10.6 Å². The van der Waals surface area contributed by atoms with Gasteiger partial charge in [-0.2, -0.15) is 5.10 Å². The van der Waals surface area contributed by atoms with Crippen molar-refractivity contribution in [1.29, 1.82) is 0 Å². The zero-order valence-electron chi connectivity index (χ0n) is 10.7. The summed E-state index contributed by atoms with van der Waals surface area (Å²) in [5.74, 6) is 3.20. The zero-order chi connectivity index (χ0) is 12.0. The van der Waals surface area contributed by atoms with Crippen LogP contribution in [0.2, 0.25) is 18.1 Å². The molecule has 0 N–H and O–H groups in total. The number of rotatable bonds is 3. The first-order chi connectivity index (χ1) is 7.65. The minimum absolute atomic E-state index is 0.804. The van der Waals surface area contributed by atoms with Gasteiger partial charge in [-0.3, -0.25) is 0 Å². The van der Waals surface area contributed by atoms with Crippen LogP contribution in [-0.4, -0.2) is 18.3 Å². The van der Waals surface area contributed by atoms with Crippen molar-refractivity contribution in [2.75, 3.05) is 0 Å². The van der Waals surface area contributed by atoms with Crippen LogP contribution < -0.4 is 0 Å². The van der Waals surface area contributed by atoms with Crippen LogP contribution in [0, 0.1) is 18.4 Å². The summed E-state index contributed by atoms with van der Waals surface area (Å²) in [6.45, 7) is 8.71. The fourth-order valence-electron chi connectivity index (χ4n) is 1.68. The van der Waals surface area contributed by atoms with E-state index < -0.39 is 8.07 Å². The van der Waals surface area contributed by atoms with Crippen molar-refractivity contribution in [1.82, 2.24) is 10.2 Å². The van der Waals surface area contributed by atoms with Crippen molar-refractivity contribution in [2.45, 2.75) is 45.8 Å². The van der Waals surface area contributed by atoms with Crippen LogP contribution in [0.4, 0.5) is 0 Å². The Morgan fingerprint density at radius 3 is 2.12 bits per heavy atom. The minimum Gasteiger partial charge on any atom is -0.155 e. The Kier molecular flexibility index (Phi) is 4.69. The van der Waals surface area contributed by atoms with Gasteiger partial charge >= 0.3 is 0 Å². The van der Waals surface area contributed by atoms with Gasteiger partial charge in [-0.25, -0.2) is 0 Å². The summed E-state index contributed by atoms with van der Waals surface area (Å²) in [6.07, 6.45) is 0. The Balaban J connectivity index is 2.90.